The van der Waals surface area contributed by atoms with Crippen LogP contribution in [-0.4, -0.2) is 20.6 Å². The highest BCUT2D eigenvalue weighted by Gasteiger charge is 2.29. The number of carboxylic acids is 1. The monoisotopic (exact) mass is 194 g/mol. The van der Waals surface area contributed by atoms with Crippen LogP contribution in [-0.2, 0) is 11.2 Å². The van der Waals surface area contributed by atoms with Crippen LogP contribution < -0.4 is 5.56 Å². The Labute approximate surface area is 80.0 Å². The third-order valence-electron chi connectivity index (χ3n) is 2.39. The van der Waals surface area contributed by atoms with E-state index in [2.05, 4.69) is 4.98 Å². The lowest BCUT2D eigenvalue weighted by Crippen LogP contribution is -2.28. The fraction of sp³-hybridized carbons (Fsp3) is 0.444. The summed E-state index contributed by atoms with van der Waals surface area (Å²) in [6, 6.07) is 0.635. The summed E-state index contributed by atoms with van der Waals surface area (Å²) in [7, 11) is 0. The summed E-state index contributed by atoms with van der Waals surface area (Å²) in [5, 5.41) is 8.87. The quantitative estimate of drug-likeness (QED) is 0.689. The van der Waals surface area contributed by atoms with Crippen molar-refractivity contribution in [2.75, 3.05) is 0 Å². The van der Waals surface area contributed by atoms with Gasteiger partial charge in [0.15, 0.2) is 0 Å². The first-order chi connectivity index (χ1) is 6.59. The Morgan fingerprint density at radius 1 is 1.71 bits per heavy atom. The van der Waals surface area contributed by atoms with E-state index >= 15 is 0 Å². The largest absolute Gasteiger partial charge is 0.480 e. The summed E-state index contributed by atoms with van der Waals surface area (Å²) in [6.45, 7) is 1.73. The summed E-state index contributed by atoms with van der Waals surface area (Å²) < 4.78 is 1.27. The maximum Gasteiger partial charge on any atom is 0.326 e. The predicted molar refractivity (Wildman–Crippen MR) is 48.2 cm³/mol. The molecule has 0 aromatic carbocycles. The zero-order valence-corrected chi connectivity index (χ0v) is 7.73. The number of hydrogen-bond acceptors (Lipinski definition) is 3. The molecule has 1 aliphatic heterocycles. The third kappa shape index (κ3) is 1.21. The summed E-state index contributed by atoms with van der Waals surface area (Å²) in [6.07, 6.45) is 1.02. The van der Waals surface area contributed by atoms with Gasteiger partial charge in [-0.3, -0.25) is 9.36 Å². The number of fused-ring (bicyclic) bond motifs is 1. The Hall–Kier alpha value is -1.65. The molecule has 0 saturated heterocycles. The van der Waals surface area contributed by atoms with Gasteiger partial charge in [0, 0.05) is 18.2 Å². The van der Waals surface area contributed by atoms with Gasteiger partial charge in [-0.2, -0.15) is 0 Å². The van der Waals surface area contributed by atoms with Crippen LogP contribution >= 0.6 is 0 Å². The van der Waals surface area contributed by atoms with E-state index in [0.29, 0.717) is 24.4 Å². The van der Waals surface area contributed by atoms with E-state index in [9.17, 15) is 9.59 Å². The van der Waals surface area contributed by atoms with Gasteiger partial charge in [-0.05, 0) is 13.3 Å². The van der Waals surface area contributed by atoms with Gasteiger partial charge < -0.3 is 5.11 Å². The molecule has 5 heteroatoms. The molecule has 1 aromatic rings. The SMILES string of the molecule is Cc1cc(=O)n2c(n1)CC[C@H]2C(=O)O. The summed E-state index contributed by atoms with van der Waals surface area (Å²) >= 11 is 0. The van der Waals surface area contributed by atoms with E-state index < -0.39 is 12.0 Å². The maximum atomic E-state index is 11.5. The summed E-state index contributed by atoms with van der Waals surface area (Å²) in [5.41, 5.74) is 0.379. The molecule has 5 nitrogen and oxygen atoms in total. The fourth-order valence-electron chi connectivity index (χ4n) is 1.80. The van der Waals surface area contributed by atoms with Gasteiger partial charge in [0.2, 0.25) is 0 Å². The van der Waals surface area contributed by atoms with Crippen molar-refractivity contribution in [3.8, 4) is 0 Å². The first-order valence-electron chi connectivity index (χ1n) is 4.41. The van der Waals surface area contributed by atoms with E-state index in [1.54, 1.807) is 6.92 Å². The first-order valence-corrected chi connectivity index (χ1v) is 4.41. The minimum atomic E-state index is -0.962. The molecule has 0 unspecified atom stereocenters. The summed E-state index contributed by atoms with van der Waals surface area (Å²) in [5.74, 6) is -0.376. The van der Waals surface area contributed by atoms with Gasteiger partial charge in [-0.25, -0.2) is 9.78 Å². The second-order valence-electron chi connectivity index (χ2n) is 3.41. The predicted octanol–water partition coefficient (Wildman–Crippen LogP) is 0.124. The molecule has 0 aliphatic carbocycles. The highest BCUT2D eigenvalue weighted by atomic mass is 16.4. The number of aryl methyl sites for hydroxylation is 2. The van der Waals surface area contributed by atoms with Crippen LogP contribution in [0.15, 0.2) is 10.9 Å². The van der Waals surface area contributed by atoms with Crippen LogP contribution in [0.1, 0.15) is 24.0 Å². The van der Waals surface area contributed by atoms with E-state index in [4.69, 9.17) is 5.11 Å². The van der Waals surface area contributed by atoms with Crippen molar-refractivity contribution in [1.82, 2.24) is 9.55 Å². The Kier molecular flexibility index (Phi) is 1.87. The molecule has 0 saturated carbocycles. The molecule has 1 N–H and O–H groups in total. The van der Waals surface area contributed by atoms with E-state index in [0.717, 1.165) is 0 Å². The maximum absolute atomic E-state index is 11.5. The fourth-order valence-corrected chi connectivity index (χ4v) is 1.80. The Bertz CT molecular complexity index is 450. The van der Waals surface area contributed by atoms with Crippen molar-refractivity contribution >= 4 is 5.97 Å². The highest BCUT2D eigenvalue weighted by molar-refractivity contribution is 5.72. The highest BCUT2D eigenvalue weighted by Crippen LogP contribution is 2.21. The van der Waals surface area contributed by atoms with Crippen LogP contribution in [0.3, 0.4) is 0 Å². The second kappa shape index (κ2) is 2.94. The standard InChI is InChI=1S/C9H10N2O3/c1-5-4-8(12)11-6(9(13)14)2-3-7(11)10-5/h4,6H,2-3H2,1H3,(H,13,14)/t6-/m0/s1. The van der Waals surface area contributed by atoms with Crippen molar-refractivity contribution in [2.45, 2.75) is 25.8 Å². The lowest BCUT2D eigenvalue weighted by Gasteiger charge is -2.08. The molecule has 1 aliphatic rings. The Morgan fingerprint density at radius 2 is 2.43 bits per heavy atom. The molecule has 0 radical (unpaired) electrons. The van der Waals surface area contributed by atoms with Crippen molar-refractivity contribution in [2.24, 2.45) is 0 Å². The number of rotatable bonds is 1. The van der Waals surface area contributed by atoms with Crippen LogP contribution in [0.2, 0.25) is 0 Å². The topological polar surface area (TPSA) is 72.2 Å². The van der Waals surface area contributed by atoms with Crippen molar-refractivity contribution in [1.29, 1.82) is 0 Å². The molecule has 2 rings (SSSR count). The van der Waals surface area contributed by atoms with Gasteiger partial charge in [0.1, 0.15) is 11.9 Å². The van der Waals surface area contributed by atoms with Gasteiger partial charge in [0.05, 0.1) is 0 Å². The van der Waals surface area contributed by atoms with Crippen molar-refractivity contribution in [3.63, 3.8) is 0 Å². The van der Waals surface area contributed by atoms with Gasteiger partial charge in [-0.15, -0.1) is 0 Å². The van der Waals surface area contributed by atoms with Crippen LogP contribution in [0.25, 0.3) is 0 Å². The van der Waals surface area contributed by atoms with Crippen molar-refractivity contribution < 1.29 is 9.90 Å². The van der Waals surface area contributed by atoms with Crippen LogP contribution in [0.4, 0.5) is 0 Å². The van der Waals surface area contributed by atoms with Gasteiger partial charge in [-0.1, -0.05) is 0 Å². The molecule has 0 amide bonds. The number of aliphatic carboxylic acids is 1. The number of nitrogens with zero attached hydrogens (tertiary/aromatic N) is 2. The van der Waals surface area contributed by atoms with E-state index in [1.807, 2.05) is 0 Å². The average molecular weight is 194 g/mol. The minimum absolute atomic E-state index is 0.266. The number of aromatic nitrogens is 2. The smallest absolute Gasteiger partial charge is 0.326 e. The zero-order chi connectivity index (χ0) is 10.3. The lowest BCUT2D eigenvalue weighted by molar-refractivity contribution is -0.140. The minimum Gasteiger partial charge on any atom is -0.480 e. The number of hydrogen-bond donors (Lipinski definition) is 1. The molecule has 74 valence electrons. The molecule has 1 aromatic heterocycles. The van der Waals surface area contributed by atoms with E-state index in [-0.39, 0.29) is 5.56 Å². The Morgan fingerprint density at radius 3 is 3.07 bits per heavy atom. The molecular formula is C9H10N2O3. The molecule has 0 bridgehead atoms. The van der Waals surface area contributed by atoms with Gasteiger partial charge >= 0.3 is 5.97 Å². The lowest BCUT2D eigenvalue weighted by atomic mass is 10.2. The molecule has 1 atom stereocenters. The molecule has 0 fully saturated rings. The zero-order valence-electron chi connectivity index (χ0n) is 7.73. The number of carbonyl (C=O) groups is 1. The third-order valence-corrected chi connectivity index (χ3v) is 2.39. The molecule has 0 spiro atoms. The second-order valence-corrected chi connectivity index (χ2v) is 3.41. The first kappa shape index (κ1) is 8.93. The normalized spacial score (nSPS) is 19.4. The molecular weight excluding hydrogens is 184 g/mol. The van der Waals surface area contributed by atoms with Crippen molar-refractivity contribution in [3.05, 3.63) is 27.9 Å². The Balaban J connectivity index is 2.60. The van der Waals surface area contributed by atoms with E-state index in [1.165, 1.54) is 10.6 Å². The van der Waals surface area contributed by atoms with Crippen LogP contribution in [0.5, 0.6) is 0 Å². The molecule has 2 heterocycles. The van der Waals surface area contributed by atoms with Crippen LogP contribution in [0, 0.1) is 6.92 Å². The number of carboxylic acid groups (broad SMARTS) is 1. The molecule has 14 heavy (non-hydrogen) atoms. The average Bonchev–Trinajstić information content (AvgIpc) is 2.47. The summed E-state index contributed by atoms with van der Waals surface area (Å²) in [4.78, 5) is 26.5. The van der Waals surface area contributed by atoms with Gasteiger partial charge in [0.25, 0.3) is 5.56 Å².